The van der Waals surface area contributed by atoms with Crippen LogP contribution >= 0.6 is 0 Å². The predicted octanol–water partition coefficient (Wildman–Crippen LogP) is 3.70. The summed E-state index contributed by atoms with van der Waals surface area (Å²) in [5.74, 6) is -0.143. The fourth-order valence-electron chi connectivity index (χ4n) is 2.83. The van der Waals surface area contributed by atoms with Gasteiger partial charge in [0.05, 0.1) is 6.10 Å². The normalized spacial score (nSPS) is 20.2. The molecule has 2 atom stereocenters. The predicted molar refractivity (Wildman–Crippen MR) is 80.4 cm³/mol. The molecule has 0 radical (unpaired) electrons. The lowest BCUT2D eigenvalue weighted by Gasteiger charge is -2.20. The maximum absolute atomic E-state index is 13.3. The molecular weight excluding hydrogens is 253 g/mol. The molecule has 1 N–H and O–H groups in total. The first kappa shape index (κ1) is 15.5. The number of halogens is 1. The van der Waals surface area contributed by atoms with Crippen LogP contribution in [-0.4, -0.2) is 25.3 Å². The van der Waals surface area contributed by atoms with Crippen LogP contribution in [0.3, 0.4) is 0 Å². The van der Waals surface area contributed by atoms with E-state index in [-0.39, 0.29) is 5.82 Å². The third kappa shape index (κ3) is 5.22. The summed E-state index contributed by atoms with van der Waals surface area (Å²) in [7, 11) is 0. The van der Waals surface area contributed by atoms with Gasteiger partial charge >= 0.3 is 0 Å². The van der Waals surface area contributed by atoms with E-state index in [2.05, 4.69) is 12.2 Å². The second-order valence-electron chi connectivity index (χ2n) is 5.70. The third-order valence-electron chi connectivity index (χ3n) is 3.92. The van der Waals surface area contributed by atoms with Crippen molar-refractivity contribution in [2.24, 2.45) is 0 Å². The van der Waals surface area contributed by atoms with Crippen LogP contribution in [0, 0.1) is 5.82 Å². The summed E-state index contributed by atoms with van der Waals surface area (Å²) in [5.41, 5.74) is 1.07. The topological polar surface area (TPSA) is 21.3 Å². The third-order valence-corrected chi connectivity index (χ3v) is 3.92. The van der Waals surface area contributed by atoms with Crippen LogP contribution in [0.5, 0.6) is 0 Å². The summed E-state index contributed by atoms with van der Waals surface area (Å²) < 4.78 is 19.0. The standard InChI is InChI=1S/C17H26FNO/c1-2-10-19-16(8-9-17-7-4-11-20-17)13-14-5-3-6-15(18)12-14/h3,5-6,12,16-17,19H,2,4,7-11,13H2,1H3. The highest BCUT2D eigenvalue weighted by Crippen LogP contribution is 2.19. The van der Waals surface area contributed by atoms with Crippen molar-refractivity contribution in [3.63, 3.8) is 0 Å². The zero-order chi connectivity index (χ0) is 14.2. The highest BCUT2D eigenvalue weighted by Gasteiger charge is 2.18. The number of rotatable bonds is 8. The summed E-state index contributed by atoms with van der Waals surface area (Å²) in [5, 5.41) is 3.58. The van der Waals surface area contributed by atoms with Crippen LogP contribution in [0.4, 0.5) is 4.39 Å². The highest BCUT2D eigenvalue weighted by atomic mass is 19.1. The molecule has 0 bridgehead atoms. The molecule has 0 spiro atoms. The zero-order valence-corrected chi connectivity index (χ0v) is 12.4. The average Bonchev–Trinajstić information content (AvgIpc) is 2.95. The van der Waals surface area contributed by atoms with E-state index in [1.807, 2.05) is 6.07 Å². The lowest BCUT2D eigenvalue weighted by Crippen LogP contribution is -2.32. The molecule has 2 rings (SSSR count). The van der Waals surface area contributed by atoms with Gasteiger partial charge in [0.2, 0.25) is 0 Å². The molecule has 1 aliphatic rings. The molecule has 3 heteroatoms. The molecule has 0 aliphatic carbocycles. The van der Waals surface area contributed by atoms with Crippen LogP contribution in [0.1, 0.15) is 44.6 Å². The molecule has 0 aromatic heterocycles. The Labute approximate surface area is 121 Å². The van der Waals surface area contributed by atoms with Gasteiger partial charge in [-0.05, 0) is 62.8 Å². The number of hydrogen-bond acceptors (Lipinski definition) is 2. The molecule has 1 fully saturated rings. The molecule has 20 heavy (non-hydrogen) atoms. The fourth-order valence-corrected chi connectivity index (χ4v) is 2.83. The first-order valence-corrected chi connectivity index (χ1v) is 7.87. The van der Waals surface area contributed by atoms with E-state index in [0.29, 0.717) is 12.1 Å². The van der Waals surface area contributed by atoms with Gasteiger partial charge in [-0.1, -0.05) is 19.1 Å². The Morgan fingerprint density at radius 1 is 1.45 bits per heavy atom. The summed E-state index contributed by atoms with van der Waals surface area (Å²) >= 11 is 0. The molecule has 1 aromatic rings. The van der Waals surface area contributed by atoms with Crippen LogP contribution in [0.25, 0.3) is 0 Å². The molecular formula is C17H26FNO. The first-order valence-electron chi connectivity index (χ1n) is 7.87. The lowest BCUT2D eigenvalue weighted by molar-refractivity contribution is 0.0995. The van der Waals surface area contributed by atoms with E-state index in [1.54, 1.807) is 12.1 Å². The Balaban J connectivity index is 1.85. The second-order valence-corrected chi connectivity index (χ2v) is 5.70. The molecule has 1 aliphatic heterocycles. The van der Waals surface area contributed by atoms with E-state index < -0.39 is 0 Å². The Bertz CT molecular complexity index is 390. The van der Waals surface area contributed by atoms with E-state index in [1.165, 1.54) is 18.9 Å². The van der Waals surface area contributed by atoms with E-state index in [0.717, 1.165) is 44.4 Å². The quantitative estimate of drug-likeness (QED) is 0.783. The number of nitrogens with one attached hydrogen (secondary N) is 1. The summed E-state index contributed by atoms with van der Waals surface area (Å²) in [6, 6.07) is 7.37. The lowest BCUT2D eigenvalue weighted by atomic mass is 9.99. The Morgan fingerprint density at radius 3 is 3.05 bits per heavy atom. The van der Waals surface area contributed by atoms with Gasteiger partial charge in [-0.2, -0.15) is 0 Å². The fraction of sp³-hybridized carbons (Fsp3) is 0.647. The van der Waals surface area contributed by atoms with Gasteiger partial charge in [-0.3, -0.25) is 0 Å². The van der Waals surface area contributed by atoms with Crippen molar-refractivity contribution >= 4 is 0 Å². The van der Waals surface area contributed by atoms with Crippen molar-refractivity contribution in [2.45, 2.75) is 57.6 Å². The molecule has 0 amide bonds. The number of benzene rings is 1. The van der Waals surface area contributed by atoms with Crippen molar-refractivity contribution in [1.29, 1.82) is 0 Å². The summed E-state index contributed by atoms with van der Waals surface area (Å²) in [6.45, 7) is 4.11. The van der Waals surface area contributed by atoms with Gasteiger partial charge in [-0.15, -0.1) is 0 Å². The largest absolute Gasteiger partial charge is 0.378 e. The van der Waals surface area contributed by atoms with E-state index >= 15 is 0 Å². The van der Waals surface area contributed by atoms with E-state index in [9.17, 15) is 4.39 Å². The van der Waals surface area contributed by atoms with Crippen LogP contribution in [-0.2, 0) is 11.2 Å². The summed E-state index contributed by atoms with van der Waals surface area (Å²) in [6.07, 6.45) is 7.05. The average molecular weight is 279 g/mol. The molecule has 0 saturated carbocycles. The Morgan fingerprint density at radius 2 is 2.35 bits per heavy atom. The van der Waals surface area contributed by atoms with Crippen LogP contribution < -0.4 is 5.32 Å². The van der Waals surface area contributed by atoms with Crippen LogP contribution in [0.2, 0.25) is 0 Å². The second kappa shape index (κ2) is 8.38. The van der Waals surface area contributed by atoms with Gasteiger partial charge in [0, 0.05) is 12.6 Å². The zero-order valence-electron chi connectivity index (χ0n) is 12.4. The monoisotopic (exact) mass is 279 g/mol. The first-order chi connectivity index (χ1) is 9.78. The summed E-state index contributed by atoms with van der Waals surface area (Å²) in [4.78, 5) is 0. The van der Waals surface area contributed by atoms with Gasteiger partial charge in [-0.25, -0.2) is 4.39 Å². The minimum Gasteiger partial charge on any atom is -0.378 e. The maximum Gasteiger partial charge on any atom is 0.123 e. The SMILES string of the molecule is CCCNC(CCC1CCCO1)Cc1cccc(F)c1. The Kier molecular flexibility index (Phi) is 6.48. The van der Waals surface area contributed by atoms with Crippen molar-refractivity contribution in [3.8, 4) is 0 Å². The van der Waals surface area contributed by atoms with Crippen molar-refractivity contribution in [2.75, 3.05) is 13.2 Å². The molecule has 2 nitrogen and oxygen atoms in total. The number of hydrogen-bond donors (Lipinski definition) is 1. The molecule has 2 unspecified atom stereocenters. The van der Waals surface area contributed by atoms with Crippen molar-refractivity contribution in [1.82, 2.24) is 5.32 Å². The van der Waals surface area contributed by atoms with Crippen LogP contribution in [0.15, 0.2) is 24.3 Å². The van der Waals surface area contributed by atoms with Gasteiger partial charge < -0.3 is 10.1 Å². The van der Waals surface area contributed by atoms with E-state index in [4.69, 9.17) is 4.74 Å². The van der Waals surface area contributed by atoms with Gasteiger partial charge in [0.15, 0.2) is 0 Å². The molecule has 112 valence electrons. The Hall–Kier alpha value is -0.930. The number of ether oxygens (including phenoxy) is 1. The van der Waals surface area contributed by atoms with Crippen molar-refractivity contribution < 1.29 is 9.13 Å². The maximum atomic E-state index is 13.3. The van der Waals surface area contributed by atoms with Crippen molar-refractivity contribution in [3.05, 3.63) is 35.6 Å². The smallest absolute Gasteiger partial charge is 0.123 e. The minimum absolute atomic E-state index is 0.143. The van der Waals surface area contributed by atoms with Gasteiger partial charge in [0.1, 0.15) is 5.82 Å². The molecule has 1 heterocycles. The minimum atomic E-state index is -0.143. The molecule has 1 saturated heterocycles. The van der Waals surface area contributed by atoms with Gasteiger partial charge in [0.25, 0.3) is 0 Å². The molecule has 1 aromatic carbocycles. The highest BCUT2D eigenvalue weighted by molar-refractivity contribution is 5.17.